The fourth-order valence-corrected chi connectivity index (χ4v) is 4.11. The highest BCUT2D eigenvalue weighted by Crippen LogP contribution is 2.39. The molecule has 1 atom stereocenters. The molecule has 0 radical (unpaired) electrons. The number of unbranched alkanes of at least 4 members (excludes halogenated alkanes) is 5. The molecule has 2 aromatic rings. The molecule has 2 aromatic carbocycles. The average Bonchev–Trinajstić information content (AvgIpc) is 3.09. The van der Waals surface area contributed by atoms with Crippen LogP contribution in [0.5, 0.6) is 0 Å². The van der Waals surface area contributed by atoms with E-state index in [2.05, 4.69) is 12.3 Å². The zero-order chi connectivity index (χ0) is 20.9. The number of nitrogens with one attached hydrogen (secondary N) is 1. The van der Waals surface area contributed by atoms with Crippen molar-refractivity contribution >= 4 is 16.7 Å². The minimum absolute atomic E-state index is 0.0581. The molecule has 1 N–H and O–H groups in total. The number of alkyl halides is 3. The van der Waals surface area contributed by atoms with Crippen LogP contribution in [0, 0.1) is 0 Å². The van der Waals surface area contributed by atoms with E-state index in [0.29, 0.717) is 0 Å². The number of carbonyl (C=O) groups is 1. The minimum atomic E-state index is -4.47. The number of fused-ring (bicyclic) bond motifs is 1. The highest BCUT2D eigenvalue weighted by molar-refractivity contribution is 5.86. The lowest BCUT2D eigenvalue weighted by Crippen LogP contribution is -2.43. The molecule has 3 rings (SSSR count). The van der Waals surface area contributed by atoms with Crippen LogP contribution in [0.4, 0.5) is 13.2 Å². The summed E-state index contributed by atoms with van der Waals surface area (Å²) in [5.41, 5.74) is 3.52. The number of aryl methyl sites for hydroxylation is 1. The summed E-state index contributed by atoms with van der Waals surface area (Å²) in [4.78, 5) is 11.5. The Morgan fingerprint density at radius 1 is 1.07 bits per heavy atom. The number of rotatable bonds is 9. The van der Waals surface area contributed by atoms with Crippen molar-refractivity contribution < 1.29 is 18.0 Å². The number of benzene rings is 2. The van der Waals surface area contributed by atoms with E-state index in [1.807, 2.05) is 24.3 Å². The highest BCUT2D eigenvalue weighted by atomic mass is 19.4. The molecule has 0 spiro atoms. The Hall–Kier alpha value is -2.08. The van der Waals surface area contributed by atoms with Gasteiger partial charge in [-0.1, -0.05) is 69.4 Å². The van der Waals surface area contributed by atoms with E-state index in [1.54, 1.807) is 12.1 Å². The first-order valence-electron chi connectivity index (χ1n) is 10.5. The number of amides is 1. The van der Waals surface area contributed by atoms with Gasteiger partial charge in [0.15, 0.2) is 0 Å². The molecular formula is C23H29F3N2O. The topological polar surface area (TPSA) is 32.3 Å². The third-order valence-corrected chi connectivity index (χ3v) is 5.56. The fraction of sp³-hybridized carbons (Fsp3) is 0.522. The predicted molar refractivity (Wildman–Crippen MR) is 109 cm³/mol. The first-order valence-corrected chi connectivity index (χ1v) is 10.5. The van der Waals surface area contributed by atoms with Crippen LogP contribution < -0.4 is 5.43 Å². The average molecular weight is 406 g/mol. The molecule has 1 heterocycles. The Morgan fingerprint density at radius 3 is 2.48 bits per heavy atom. The second-order valence-corrected chi connectivity index (χ2v) is 7.84. The molecule has 6 heteroatoms. The second kappa shape index (κ2) is 9.61. The van der Waals surface area contributed by atoms with Crippen LogP contribution in [0.25, 0.3) is 10.8 Å². The molecule has 0 bridgehead atoms. The quantitative estimate of drug-likeness (QED) is 0.512. The molecule has 0 saturated carbocycles. The summed E-state index contributed by atoms with van der Waals surface area (Å²) in [5, 5.41) is 2.85. The van der Waals surface area contributed by atoms with Crippen molar-refractivity contribution in [3.8, 4) is 0 Å². The van der Waals surface area contributed by atoms with E-state index in [1.165, 1.54) is 19.3 Å². The van der Waals surface area contributed by atoms with Crippen molar-refractivity contribution in [1.82, 2.24) is 10.4 Å². The van der Waals surface area contributed by atoms with Crippen molar-refractivity contribution in [2.75, 3.05) is 6.54 Å². The van der Waals surface area contributed by atoms with Crippen LogP contribution in [0.1, 0.15) is 69.0 Å². The van der Waals surface area contributed by atoms with Gasteiger partial charge in [0.05, 0.1) is 0 Å². The molecular weight excluding hydrogens is 377 g/mol. The van der Waals surface area contributed by atoms with Gasteiger partial charge in [-0.05, 0) is 40.8 Å². The Morgan fingerprint density at radius 2 is 1.79 bits per heavy atom. The van der Waals surface area contributed by atoms with Gasteiger partial charge in [-0.15, -0.1) is 0 Å². The molecule has 1 unspecified atom stereocenters. The van der Waals surface area contributed by atoms with Crippen LogP contribution in [0.3, 0.4) is 0 Å². The molecule has 0 aromatic heterocycles. The Labute approximate surface area is 170 Å². The van der Waals surface area contributed by atoms with Crippen LogP contribution in [0.2, 0.25) is 0 Å². The summed E-state index contributed by atoms with van der Waals surface area (Å²) in [7, 11) is 0. The standard InChI is InChI=1S/C23H29F3N2O/c1-2-3-4-5-6-7-10-17-15-19(16-18-11-8-9-12-20(17)18)22(23(24,25)26)28-14-13-21(29)27-28/h8-9,11-12,15-16,22H,2-7,10,13-14H2,1H3,(H,27,29). The lowest BCUT2D eigenvalue weighted by Gasteiger charge is -2.30. The minimum Gasteiger partial charge on any atom is -0.288 e. The summed E-state index contributed by atoms with van der Waals surface area (Å²) in [6.07, 6.45) is 3.22. The molecule has 0 aliphatic carbocycles. The van der Waals surface area contributed by atoms with Gasteiger partial charge in [0.25, 0.3) is 0 Å². The lowest BCUT2D eigenvalue weighted by molar-refractivity contribution is -0.191. The summed E-state index contributed by atoms with van der Waals surface area (Å²) >= 11 is 0. The molecule has 29 heavy (non-hydrogen) atoms. The smallest absolute Gasteiger partial charge is 0.288 e. The number of carbonyl (C=O) groups excluding carboxylic acids is 1. The first-order chi connectivity index (χ1) is 13.9. The Kier molecular flexibility index (Phi) is 7.17. The number of hydrogen-bond donors (Lipinski definition) is 1. The molecule has 3 nitrogen and oxygen atoms in total. The van der Waals surface area contributed by atoms with Gasteiger partial charge in [-0.2, -0.15) is 13.2 Å². The predicted octanol–water partition coefficient (Wildman–Crippen LogP) is 6.08. The van der Waals surface area contributed by atoms with Gasteiger partial charge in [0, 0.05) is 13.0 Å². The monoisotopic (exact) mass is 406 g/mol. The molecule has 158 valence electrons. The van der Waals surface area contributed by atoms with E-state index in [0.717, 1.165) is 47.0 Å². The van der Waals surface area contributed by atoms with Crippen molar-refractivity contribution in [3.05, 3.63) is 47.5 Å². The van der Waals surface area contributed by atoms with E-state index in [9.17, 15) is 18.0 Å². The summed E-state index contributed by atoms with van der Waals surface area (Å²) in [6.45, 7) is 2.24. The normalized spacial score (nSPS) is 16.3. The number of hydrogen-bond acceptors (Lipinski definition) is 2. The molecule has 1 amide bonds. The molecule has 1 aliphatic heterocycles. The maximum absolute atomic E-state index is 13.9. The lowest BCUT2D eigenvalue weighted by atomic mass is 9.93. The Bertz CT molecular complexity index is 834. The van der Waals surface area contributed by atoms with Crippen LogP contribution in [0.15, 0.2) is 36.4 Å². The number of halogens is 3. The van der Waals surface area contributed by atoms with Crippen molar-refractivity contribution in [1.29, 1.82) is 0 Å². The second-order valence-electron chi connectivity index (χ2n) is 7.84. The summed E-state index contributed by atoms with van der Waals surface area (Å²) in [5.74, 6) is -0.368. The zero-order valence-electron chi connectivity index (χ0n) is 16.9. The summed E-state index contributed by atoms with van der Waals surface area (Å²) in [6, 6.07) is 9.09. The Balaban J connectivity index is 1.87. The van der Waals surface area contributed by atoms with Crippen molar-refractivity contribution in [3.63, 3.8) is 0 Å². The van der Waals surface area contributed by atoms with E-state index < -0.39 is 12.2 Å². The zero-order valence-corrected chi connectivity index (χ0v) is 16.9. The molecule has 1 saturated heterocycles. The van der Waals surface area contributed by atoms with Gasteiger partial charge in [0.1, 0.15) is 6.04 Å². The SMILES string of the molecule is CCCCCCCCc1cc(C(N2CCC(=O)N2)C(F)(F)F)cc2ccccc12. The number of nitrogens with zero attached hydrogens (tertiary/aromatic N) is 1. The van der Waals surface area contributed by atoms with Gasteiger partial charge in [-0.3, -0.25) is 10.2 Å². The third kappa shape index (κ3) is 5.50. The van der Waals surface area contributed by atoms with Gasteiger partial charge in [0.2, 0.25) is 5.91 Å². The van der Waals surface area contributed by atoms with Crippen molar-refractivity contribution in [2.45, 2.75) is 70.5 Å². The maximum Gasteiger partial charge on any atom is 0.409 e. The van der Waals surface area contributed by atoms with Crippen LogP contribution >= 0.6 is 0 Å². The highest BCUT2D eigenvalue weighted by Gasteiger charge is 2.47. The van der Waals surface area contributed by atoms with Gasteiger partial charge in [-0.25, -0.2) is 5.01 Å². The van der Waals surface area contributed by atoms with Gasteiger partial charge < -0.3 is 0 Å². The van der Waals surface area contributed by atoms with Gasteiger partial charge >= 0.3 is 6.18 Å². The number of hydrazine groups is 1. The summed E-state index contributed by atoms with van der Waals surface area (Å²) < 4.78 is 41.8. The van der Waals surface area contributed by atoms with Crippen LogP contribution in [-0.4, -0.2) is 23.6 Å². The van der Waals surface area contributed by atoms with E-state index >= 15 is 0 Å². The van der Waals surface area contributed by atoms with E-state index in [-0.39, 0.29) is 24.4 Å². The maximum atomic E-state index is 13.9. The van der Waals surface area contributed by atoms with Crippen molar-refractivity contribution in [2.24, 2.45) is 0 Å². The molecule has 1 fully saturated rings. The first kappa shape index (κ1) is 21.6. The molecule has 1 aliphatic rings. The van der Waals surface area contributed by atoms with Crippen LogP contribution in [-0.2, 0) is 11.2 Å². The fourth-order valence-electron chi connectivity index (χ4n) is 4.11. The van der Waals surface area contributed by atoms with E-state index in [4.69, 9.17) is 0 Å². The third-order valence-electron chi connectivity index (χ3n) is 5.56. The largest absolute Gasteiger partial charge is 0.409 e.